The van der Waals surface area contributed by atoms with Crippen molar-refractivity contribution in [2.45, 2.75) is 46.4 Å². The van der Waals surface area contributed by atoms with Gasteiger partial charge in [0.25, 0.3) is 5.91 Å². The van der Waals surface area contributed by atoms with Gasteiger partial charge in [-0.15, -0.1) is 12.4 Å². The quantitative estimate of drug-likeness (QED) is 0.798. The Kier molecular flexibility index (Phi) is 7.82. The third-order valence-electron chi connectivity index (χ3n) is 3.68. The predicted octanol–water partition coefficient (Wildman–Crippen LogP) is 3.58. The molecular formula is C18H25ClN2O3. The van der Waals surface area contributed by atoms with Crippen LogP contribution in [0, 0.1) is 6.92 Å². The molecule has 1 unspecified atom stereocenters. The van der Waals surface area contributed by atoms with Crippen LogP contribution in [0.15, 0.2) is 34.9 Å². The highest BCUT2D eigenvalue weighted by Gasteiger charge is 2.12. The van der Waals surface area contributed by atoms with Gasteiger partial charge in [0.15, 0.2) is 0 Å². The van der Waals surface area contributed by atoms with Crippen molar-refractivity contribution in [3.05, 3.63) is 53.0 Å². The van der Waals surface area contributed by atoms with Crippen molar-refractivity contribution < 1.29 is 13.9 Å². The Morgan fingerprint density at radius 3 is 2.75 bits per heavy atom. The zero-order valence-corrected chi connectivity index (χ0v) is 15.1. The smallest absolute Gasteiger partial charge is 0.254 e. The zero-order valence-electron chi connectivity index (χ0n) is 14.3. The number of nitrogens with two attached hydrogens (primary N) is 1. The molecule has 2 aromatic rings. The number of rotatable bonds is 7. The fourth-order valence-corrected chi connectivity index (χ4v) is 2.10. The molecule has 0 aliphatic carbocycles. The number of nitrogens with one attached hydrogen (secondary N) is 1. The molecule has 0 radical (unpaired) electrons. The average Bonchev–Trinajstić information content (AvgIpc) is 3.03. The van der Waals surface area contributed by atoms with Crippen LogP contribution in [0.4, 0.5) is 0 Å². The summed E-state index contributed by atoms with van der Waals surface area (Å²) >= 11 is 0. The molecule has 1 amide bonds. The van der Waals surface area contributed by atoms with Crippen LogP contribution >= 0.6 is 12.4 Å². The number of carbonyl (C=O) groups is 1. The molecule has 1 aromatic heterocycles. The Balaban J connectivity index is 0.00000288. The second kappa shape index (κ2) is 9.35. The lowest BCUT2D eigenvalue weighted by Gasteiger charge is -2.17. The summed E-state index contributed by atoms with van der Waals surface area (Å²) in [5, 5.41) is 2.88. The second-order valence-corrected chi connectivity index (χ2v) is 5.64. The molecule has 24 heavy (non-hydrogen) atoms. The number of aryl methyl sites for hydroxylation is 1. The maximum Gasteiger partial charge on any atom is 0.254 e. The summed E-state index contributed by atoms with van der Waals surface area (Å²) in [6.45, 7) is 6.80. The molecular weight excluding hydrogens is 328 g/mol. The Morgan fingerprint density at radius 1 is 1.38 bits per heavy atom. The van der Waals surface area contributed by atoms with Crippen molar-refractivity contribution in [3.8, 4) is 5.75 Å². The van der Waals surface area contributed by atoms with Crippen LogP contribution in [-0.4, -0.2) is 12.0 Å². The Labute approximate surface area is 149 Å². The van der Waals surface area contributed by atoms with Gasteiger partial charge in [0.2, 0.25) is 0 Å². The highest BCUT2D eigenvalue weighted by Crippen LogP contribution is 2.22. The summed E-state index contributed by atoms with van der Waals surface area (Å²) < 4.78 is 11.1. The number of furan rings is 1. The van der Waals surface area contributed by atoms with Gasteiger partial charge in [-0.05, 0) is 38.0 Å². The second-order valence-electron chi connectivity index (χ2n) is 5.64. The summed E-state index contributed by atoms with van der Waals surface area (Å²) in [6.07, 6.45) is 2.48. The molecule has 132 valence electrons. The molecule has 1 heterocycles. The Morgan fingerprint density at radius 2 is 2.12 bits per heavy atom. The molecule has 3 N–H and O–H groups in total. The lowest BCUT2D eigenvalue weighted by molar-refractivity contribution is 0.0950. The van der Waals surface area contributed by atoms with Gasteiger partial charge in [-0.25, -0.2) is 0 Å². The molecule has 1 atom stereocenters. The number of carbonyl (C=O) groups excluding carboxylic acids is 1. The van der Waals surface area contributed by atoms with Crippen molar-refractivity contribution in [3.63, 3.8) is 0 Å². The van der Waals surface area contributed by atoms with E-state index in [1.54, 1.807) is 6.07 Å². The molecule has 6 heteroatoms. The molecule has 0 saturated carbocycles. The molecule has 0 saturated heterocycles. The lowest BCUT2D eigenvalue weighted by Crippen LogP contribution is -2.23. The van der Waals surface area contributed by atoms with Gasteiger partial charge in [0.05, 0.1) is 18.2 Å². The Hall–Kier alpha value is -1.98. The van der Waals surface area contributed by atoms with Gasteiger partial charge < -0.3 is 20.2 Å². The first-order valence-corrected chi connectivity index (χ1v) is 7.85. The third-order valence-corrected chi connectivity index (χ3v) is 3.68. The first-order chi connectivity index (χ1) is 11.0. The van der Waals surface area contributed by atoms with Crippen LogP contribution in [0.1, 0.15) is 47.5 Å². The van der Waals surface area contributed by atoms with Crippen molar-refractivity contribution in [1.82, 2.24) is 5.32 Å². The van der Waals surface area contributed by atoms with Gasteiger partial charge in [-0.3, -0.25) is 4.79 Å². The molecule has 1 aromatic carbocycles. The minimum Gasteiger partial charge on any atom is -0.490 e. The van der Waals surface area contributed by atoms with E-state index in [1.807, 2.05) is 32.0 Å². The summed E-state index contributed by atoms with van der Waals surface area (Å²) in [4.78, 5) is 12.2. The monoisotopic (exact) mass is 352 g/mol. The maximum atomic E-state index is 12.2. The van der Waals surface area contributed by atoms with E-state index in [0.29, 0.717) is 17.9 Å². The number of amides is 1. The molecule has 0 bridgehead atoms. The normalized spacial score (nSPS) is 11.5. The largest absolute Gasteiger partial charge is 0.490 e. The molecule has 2 rings (SSSR count). The standard InChI is InChI=1S/C18H24N2O3.ClH/c1-4-13(3)23-17-7-12(2)5-6-14(17)10-20-18(21)15-8-16(9-19)22-11-15;/h5-8,11,13H,4,9-10,19H2,1-3H3,(H,20,21);1H. The van der Waals surface area contributed by atoms with Crippen LogP contribution in [0.3, 0.4) is 0 Å². The van der Waals surface area contributed by atoms with Crippen LogP contribution in [0.2, 0.25) is 0 Å². The number of ether oxygens (including phenoxy) is 1. The third kappa shape index (κ3) is 5.28. The van der Waals surface area contributed by atoms with E-state index in [4.69, 9.17) is 14.9 Å². The van der Waals surface area contributed by atoms with Crippen molar-refractivity contribution in [1.29, 1.82) is 0 Å². The number of halogens is 1. The maximum absolute atomic E-state index is 12.2. The van der Waals surface area contributed by atoms with E-state index in [9.17, 15) is 4.79 Å². The van der Waals surface area contributed by atoms with Gasteiger partial charge in [0, 0.05) is 12.1 Å². The van der Waals surface area contributed by atoms with Crippen molar-refractivity contribution in [2.75, 3.05) is 0 Å². The average molecular weight is 353 g/mol. The van der Waals surface area contributed by atoms with E-state index in [2.05, 4.69) is 12.2 Å². The Bertz CT molecular complexity index is 670. The van der Waals surface area contributed by atoms with Crippen LogP contribution < -0.4 is 15.8 Å². The summed E-state index contributed by atoms with van der Waals surface area (Å²) in [5.74, 6) is 1.21. The van der Waals surface area contributed by atoms with Gasteiger partial charge in [-0.1, -0.05) is 19.1 Å². The van der Waals surface area contributed by atoms with Crippen LogP contribution in [0.5, 0.6) is 5.75 Å². The SMILES string of the molecule is CCC(C)Oc1cc(C)ccc1CNC(=O)c1coc(CN)c1.Cl. The van der Waals surface area contributed by atoms with Gasteiger partial charge in [0.1, 0.15) is 17.8 Å². The van der Waals surface area contributed by atoms with Gasteiger partial charge in [-0.2, -0.15) is 0 Å². The van der Waals surface area contributed by atoms with E-state index in [0.717, 1.165) is 23.3 Å². The van der Waals surface area contributed by atoms with Crippen LogP contribution in [0.25, 0.3) is 0 Å². The van der Waals surface area contributed by atoms with Crippen LogP contribution in [-0.2, 0) is 13.1 Å². The topological polar surface area (TPSA) is 77.5 Å². The number of benzene rings is 1. The number of hydrogen-bond acceptors (Lipinski definition) is 4. The number of hydrogen-bond donors (Lipinski definition) is 2. The predicted molar refractivity (Wildman–Crippen MR) is 96.6 cm³/mol. The molecule has 0 spiro atoms. The van der Waals surface area contributed by atoms with E-state index in [-0.39, 0.29) is 31.0 Å². The molecule has 0 aliphatic heterocycles. The van der Waals surface area contributed by atoms with Crippen molar-refractivity contribution in [2.24, 2.45) is 5.73 Å². The highest BCUT2D eigenvalue weighted by molar-refractivity contribution is 5.93. The van der Waals surface area contributed by atoms with E-state index >= 15 is 0 Å². The fraction of sp³-hybridized carbons (Fsp3) is 0.389. The minimum absolute atomic E-state index is 0. The fourth-order valence-electron chi connectivity index (χ4n) is 2.10. The lowest BCUT2D eigenvalue weighted by atomic mass is 10.1. The molecule has 0 fully saturated rings. The first-order valence-electron chi connectivity index (χ1n) is 7.85. The first kappa shape index (κ1) is 20.1. The van der Waals surface area contributed by atoms with E-state index in [1.165, 1.54) is 6.26 Å². The molecule has 5 nitrogen and oxygen atoms in total. The summed E-state index contributed by atoms with van der Waals surface area (Å²) in [7, 11) is 0. The minimum atomic E-state index is -0.191. The van der Waals surface area contributed by atoms with Gasteiger partial charge >= 0.3 is 0 Å². The van der Waals surface area contributed by atoms with Crippen molar-refractivity contribution >= 4 is 18.3 Å². The summed E-state index contributed by atoms with van der Waals surface area (Å²) in [6, 6.07) is 7.64. The van der Waals surface area contributed by atoms with E-state index < -0.39 is 0 Å². The molecule has 0 aliphatic rings. The summed E-state index contributed by atoms with van der Waals surface area (Å²) in [5.41, 5.74) is 8.03. The highest BCUT2D eigenvalue weighted by atomic mass is 35.5. The zero-order chi connectivity index (χ0) is 16.8.